The van der Waals surface area contributed by atoms with E-state index in [2.05, 4.69) is 29.2 Å². The molecule has 136 valence electrons. The maximum atomic E-state index is 12.9. The zero-order valence-corrected chi connectivity index (χ0v) is 15.5. The largest absolute Gasteiger partial charge is 0.492 e. The molecule has 0 bridgehead atoms. The van der Waals surface area contributed by atoms with Crippen LogP contribution in [0, 0.1) is 5.92 Å². The van der Waals surface area contributed by atoms with Crippen LogP contribution in [-0.4, -0.2) is 48.5 Å². The van der Waals surface area contributed by atoms with Gasteiger partial charge in [0, 0.05) is 37.7 Å². The maximum Gasteiger partial charge on any atom is 0.229 e. The van der Waals surface area contributed by atoms with Crippen LogP contribution in [0.3, 0.4) is 0 Å². The first kappa shape index (κ1) is 17.4. The van der Waals surface area contributed by atoms with E-state index in [0.717, 1.165) is 44.0 Å². The Bertz CT molecular complexity index is 773. The summed E-state index contributed by atoms with van der Waals surface area (Å²) in [4.78, 5) is 17.3. The van der Waals surface area contributed by atoms with Crippen molar-refractivity contribution in [3.8, 4) is 5.75 Å². The lowest BCUT2D eigenvalue weighted by Gasteiger charge is -2.37. The predicted octanol–water partition coefficient (Wildman–Crippen LogP) is 3.24. The Labute approximate surface area is 159 Å². The van der Waals surface area contributed by atoms with Crippen LogP contribution in [0.25, 0.3) is 0 Å². The van der Waals surface area contributed by atoms with E-state index in [1.165, 1.54) is 5.56 Å². The van der Waals surface area contributed by atoms with E-state index < -0.39 is 0 Å². The summed E-state index contributed by atoms with van der Waals surface area (Å²) >= 11 is 6.08. The van der Waals surface area contributed by atoms with Crippen molar-refractivity contribution in [3.05, 3.63) is 64.7 Å². The third kappa shape index (κ3) is 3.87. The number of carbonyl (C=O) groups excluding carboxylic acids is 1. The molecule has 0 aliphatic carbocycles. The van der Waals surface area contributed by atoms with E-state index >= 15 is 0 Å². The lowest BCUT2D eigenvalue weighted by Crippen LogP contribution is -2.51. The van der Waals surface area contributed by atoms with Gasteiger partial charge in [0.2, 0.25) is 5.91 Å². The quantitative estimate of drug-likeness (QED) is 0.831. The van der Waals surface area contributed by atoms with Gasteiger partial charge < -0.3 is 9.64 Å². The van der Waals surface area contributed by atoms with Crippen LogP contribution < -0.4 is 4.74 Å². The summed E-state index contributed by atoms with van der Waals surface area (Å²) in [6.07, 6.45) is 0.707. The van der Waals surface area contributed by atoms with E-state index in [0.29, 0.717) is 18.1 Å². The standard InChI is InChI=1S/C21H23ClN2O2/c22-19-6-7-20-17(13-19)12-18(15-26-20)21(25)24-10-8-23(9-11-24)14-16-4-2-1-3-5-16/h1-7,13,18H,8-12,14-15H2/t18-/m1/s1. The Kier molecular flexibility index (Phi) is 5.14. The van der Waals surface area contributed by atoms with Crippen LogP contribution >= 0.6 is 11.6 Å². The van der Waals surface area contributed by atoms with Crippen molar-refractivity contribution in [1.29, 1.82) is 0 Å². The number of rotatable bonds is 3. The number of piperazine rings is 1. The number of hydrogen-bond acceptors (Lipinski definition) is 3. The average molecular weight is 371 g/mol. The van der Waals surface area contributed by atoms with Gasteiger partial charge in [-0.15, -0.1) is 0 Å². The highest BCUT2D eigenvalue weighted by molar-refractivity contribution is 6.30. The monoisotopic (exact) mass is 370 g/mol. The summed E-state index contributed by atoms with van der Waals surface area (Å²) in [6, 6.07) is 16.1. The van der Waals surface area contributed by atoms with E-state index in [1.807, 2.05) is 29.2 Å². The number of ether oxygens (including phenoxy) is 1. The number of nitrogens with zero attached hydrogens (tertiary/aromatic N) is 2. The minimum Gasteiger partial charge on any atom is -0.492 e. The second kappa shape index (κ2) is 7.68. The minimum absolute atomic E-state index is 0.110. The van der Waals surface area contributed by atoms with Gasteiger partial charge in [-0.05, 0) is 35.7 Å². The topological polar surface area (TPSA) is 32.8 Å². The van der Waals surface area contributed by atoms with Crippen LogP contribution in [0.2, 0.25) is 5.02 Å². The van der Waals surface area contributed by atoms with E-state index in [9.17, 15) is 4.79 Å². The summed E-state index contributed by atoms with van der Waals surface area (Å²) in [5.74, 6) is 0.947. The molecule has 0 saturated carbocycles. The molecule has 2 aliphatic rings. The first-order valence-corrected chi connectivity index (χ1v) is 9.53. The van der Waals surface area contributed by atoms with E-state index in [-0.39, 0.29) is 11.8 Å². The molecule has 4 rings (SSSR count). The van der Waals surface area contributed by atoms with Crippen molar-refractivity contribution >= 4 is 17.5 Å². The van der Waals surface area contributed by atoms with Gasteiger partial charge >= 0.3 is 0 Å². The van der Waals surface area contributed by atoms with Crippen molar-refractivity contribution in [2.45, 2.75) is 13.0 Å². The van der Waals surface area contributed by atoms with Crippen LogP contribution in [0.15, 0.2) is 48.5 Å². The molecule has 0 unspecified atom stereocenters. The molecule has 2 heterocycles. The average Bonchev–Trinajstić information content (AvgIpc) is 2.68. The SMILES string of the molecule is O=C([C@H]1COc2ccc(Cl)cc2C1)N1CCN(Cc2ccccc2)CC1. The summed E-state index contributed by atoms with van der Waals surface area (Å²) in [6.45, 7) is 4.79. The molecule has 5 heteroatoms. The highest BCUT2D eigenvalue weighted by atomic mass is 35.5. The summed E-state index contributed by atoms with van der Waals surface area (Å²) in [5.41, 5.74) is 2.35. The predicted molar refractivity (Wildman–Crippen MR) is 102 cm³/mol. The second-order valence-corrected chi connectivity index (χ2v) is 7.49. The highest BCUT2D eigenvalue weighted by Gasteiger charge is 2.31. The van der Waals surface area contributed by atoms with Crippen LogP contribution in [0.1, 0.15) is 11.1 Å². The highest BCUT2D eigenvalue weighted by Crippen LogP contribution is 2.30. The van der Waals surface area contributed by atoms with Gasteiger partial charge in [-0.1, -0.05) is 41.9 Å². The number of halogens is 1. The first-order valence-electron chi connectivity index (χ1n) is 9.15. The molecular formula is C21H23ClN2O2. The number of fused-ring (bicyclic) bond motifs is 1. The fourth-order valence-corrected chi connectivity index (χ4v) is 3.94. The van der Waals surface area contributed by atoms with Gasteiger partial charge in [0.05, 0.1) is 5.92 Å². The Morgan fingerprint density at radius 1 is 1.08 bits per heavy atom. The van der Waals surface area contributed by atoms with E-state index in [4.69, 9.17) is 16.3 Å². The molecule has 0 radical (unpaired) electrons. The zero-order valence-electron chi connectivity index (χ0n) is 14.7. The van der Waals surface area contributed by atoms with Gasteiger partial charge in [-0.3, -0.25) is 9.69 Å². The lowest BCUT2D eigenvalue weighted by molar-refractivity contribution is -0.138. The molecule has 4 nitrogen and oxygen atoms in total. The van der Waals surface area contributed by atoms with Gasteiger partial charge in [0.15, 0.2) is 0 Å². The van der Waals surface area contributed by atoms with Crippen molar-refractivity contribution in [2.75, 3.05) is 32.8 Å². The number of amides is 1. The molecule has 0 spiro atoms. The van der Waals surface area contributed by atoms with Gasteiger partial charge in [0.1, 0.15) is 12.4 Å². The molecule has 1 fully saturated rings. The normalized spacial score (nSPS) is 20.3. The minimum atomic E-state index is -0.110. The summed E-state index contributed by atoms with van der Waals surface area (Å²) < 4.78 is 5.79. The molecule has 0 aromatic heterocycles. The molecule has 1 amide bonds. The van der Waals surface area contributed by atoms with Crippen molar-refractivity contribution in [2.24, 2.45) is 5.92 Å². The van der Waals surface area contributed by atoms with Crippen molar-refractivity contribution in [1.82, 2.24) is 9.80 Å². The molecule has 26 heavy (non-hydrogen) atoms. The Hall–Kier alpha value is -2.04. The third-order valence-corrected chi connectivity index (χ3v) is 5.45. The van der Waals surface area contributed by atoms with E-state index in [1.54, 1.807) is 0 Å². The molecular weight excluding hydrogens is 348 g/mol. The van der Waals surface area contributed by atoms with Crippen molar-refractivity contribution < 1.29 is 9.53 Å². The maximum absolute atomic E-state index is 12.9. The Morgan fingerprint density at radius 2 is 1.85 bits per heavy atom. The molecule has 1 atom stereocenters. The van der Waals surface area contributed by atoms with Crippen LogP contribution in [0.4, 0.5) is 0 Å². The smallest absolute Gasteiger partial charge is 0.229 e. The van der Waals surface area contributed by atoms with Crippen LogP contribution in [-0.2, 0) is 17.8 Å². The summed E-state index contributed by atoms with van der Waals surface area (Å²) in [5, 5.41) is 0.690. The summed E-state index contributed by atoms with van der Waals surface area (Å²) in [7, 11) is 0. The molecule has 2 aliphatic heterocycles. The molecule has 2 aromatic rings. The fraction of sp³-hybridized carbons (Fsp3) is 0.381. The number of benzene rings is 2. The first-order chi connectivity index (χ1) is 12.7. The second-order valence-electron chi connectivity index (χ2n) is 7.05. The zero-order chi connectivity index (χ0) is 17.9. The molecule has 1 saturated heterocycles. The number of carbonyl (C=O) groups is 1. The molecule has 0 N–H and O–H groups in total. The van der Waals surface area contributed by atoms with Gasteiger partial charge in [-0.25, -0.2) is 0 Å². The van der Waals surface area contributed by atoms with Gasteiger partial charge in [0.25, 0.3) is 0 Å². The van der Waals surface area contributed by atoms with Crippen molar-refractivity contribution in [3.63, 3.8) is 0 Å². The lowest BCUT2D eigenvalue weighted by atomic mass is 9.95. The molecule has 2 aromatic carbocycles. The Morgan fingerprint density at radius 3 is 2.62 bits per heavy atom. The van der Waals surface area contributed by atoms with Crippen LogP contribution in [0.5, 0.6) is 5.75 Å². The van der Waals surface area contributed by atoms with Gasteiger partial charge in [-0.2, -0.15) is 0 Å². The number of hydrogen-bond donors (Lipinski definition) is 0. The Balaban J connectivity index is 1.32. The third-order valence-electron chi connectivity index (χ3n) is 5.21. The fourth-order valence-electron chi connectivity index (χ4n) is 3.75.